The van der Waals surface area contributed by atoms with Crippen molar-refractivity contribution in [2.75, 3.05) is 20.8 Å². The van der Waals surface area contributed by atoms with Crippen LogP contribution in [0.2, 0.25) is 0 Å². The summed E-state index contributed by atoms with van der Waals surface area (Å²) in [6.07, 6.45) is 1.15. The standard InChI is InChI=1S/C11H14BrNO2/c1-14-7-5-8(12)11(9-3-4-13-9)10(6-7)15-2/h5-6,9,13H,3-4H2,1-2H3. The summed E-state index contributed by atoms with van der Waals surface area (Å²) in [5, 5.41) is 3.36. The molecule has 15 heavy (non-hydrogen) atoms. The van der Waals surface area contributed by atoms with Crippen molar-refractivity contribution in [3.63, 3.8) is 0 Å². The van der Waals surface area contributed by atoms with Crippen molar-refractivity contribution in [3.8, 4) is 11.5 Å². The number of rotatable bonds is 3. The van der Waals surface area contributed by atoms with Gasteiger partial charge in [-0.05, 0) is 19.0 Å². The lowest BCUT2D eigenvalue weighted by Crippen LogP contribution is -2.35. The Morgan fingerprint density at radius 1 is 1.33 bits per heavy atom. The zero-order chi connectivity index (χ0) is 10.8. The van der Waals surface area contributed by atoms with Crippen molar-refractivity contribution in [3.05, 3.63) is 22.2 Å². The molecule has 1 aliphatic rings. The molecule has 1 heterocycles. The number of benzene rings is 1. The number of hydrogen-bond donors (Lipinski definition) is 1. The molecule has 0 amide bonds. The summed E-state index contributed by atoms with van der Waals surface area (Å²) in [5.74, 6) is 1.68. The van der Waals surface area contributed by atoms with Crippen LogP contribution in [0.25, 0.3) is 0 Å². The number of hydrogen-bond acceptors (Lipinski definition) is 3. The second kappa shape index (κ2) is 4.41. The highest BCUT2D eigenvalue weighted by molar-refractivity contribution is 9.10. The summed E-state index contributed by atoms with van der Waals surface area (Å²) in [4.78, 5) is 0. The van der Waals surface area contributed by atoms with Crippen LogP contribution in [0.1, 0.15) is 18.0 Å². The van der Waals surface area contributed by atoms with Gasteiger partial charge in [-0.3, -0.25) is 0 Å². The Kier molecular flexibility index (Phi) is 3.17. The van der Waals surface area contributed by atoms with Gasteiger partial charge in [0, 0.05) is 22.1 Å². The molecule has 1 saturated heterocycles. The smallest absolute Gasteiger partial charge is 0.128 e. The summed E-state index contributed by atoms with van der Waals surface area (Å²) >= 11 is 3.55. The third-order valence-corrected chi connectivity index (χ3v) is 3.35. The summed E-state index contributed by atoms with van der Waals surface area (Å²) in [6.45, 7) is 1.08. The number of methoxy groups -OCH3 is 2. The molecule has 1 aromatic rings. The van der Waals surface area contributed by atoms with Crippen LogP contribution < -0.4 is 14.8 Å². The molecule has 0 aliphatic carbocycles. The van der Waals surface area contributed by atoms with E-state index in [1.807, 2.05) is 12.1 Å². The fourth-order valence-electron chi connectivity index (χ4n) is 1.73. The third kappa shape index (κ3) is 1.96. The van der Waals surface area contributed by atoms with Crippen LogP contribution in [0.5, 0.6) is 11.5 Å². The molecule has 1 aliphatic heterocycles. The predicted molar refractivity (Wildman–Crippen MR) is 62.6 cm³/mol. The molecule has 1 fully saturated rings. The molecule has 0 bridgehead atoms. The number of ether oxygens (including phenoxy) is 2. The zero-order valence-electron chi connectivity index (χ0n) is 8.84. The number of nitrogens with one attached hydrogen (secondary N) is 1. The lowest BCUT2D eigenvalue weighted by Gasteiger charge is -2.30. The SMILES string of the molecule is COc1cc(Br)c(C2CCN2)c(OC)c1. The van der Waals surface area contributed by atoms with Crippen LogP contribution in [0, 0.1) is 0 Å². The molecule has 1 unspecified atom stereocenters. The molecule has 1 N–H and O–H groups in total. The van der Waals surface area contributed by atoms with Crippen LogP contribution in [-0.4, -0.2) is 20.8 Å². The highest BCUT2D eigenvalue weighted by Crippen LogP contribution is 2.39. The molecule has 82 valence electrons. The minimum Gasteiger partial charge on any atom is -0.497 e. The van der Waals surface area contributed by atoms with Gasteiger partial charge >= 0.3 is 0 Å². The molecule has 1 atom stereocenters. The second-order valence-electron chi connectivity index (χ2n) is 3.52. The number of halogens is 1. The van der Waals surface area contributed by atoms with E-state index in [9.17, 15) is 0 Å². The first-order valence-electron chi connectivity index (χ1n) is 4.91. The van der Waals surface area contributed by atoms with Crippen molar-refractivity contribution in [1.82, 2.24) is 5.32 Å². The molecular formula is C11H14BrNO2. The van der Waals surface area contributed by atoms with Crippen molar-refractivity contribution in [1.29, 1.82) is 0 Å². The second-order valence-corrected chi connectivity index (χ2v) is 4.37. The van der Waals surface area contributed by atoms with Gasteiger partial charge in [-0.15, -0.1) is 0 Å². The molecule has 1 aromatic carbocycles. The lowest BCUT2D eigenvalue weighted by atomic mass is 9.97. The maximum Gasteiger partial charge on any atom is 0.128 e. The predicted octanol–water partition coefficient (Wildman–Crippen LogP) is 2.50. The average Bonchev–Trinajstić information content (AvgIpc) is 2.17. The molecule has 4 heteroatoms. The van der Waals surface area contributed by atoms with Crippen molar-refractivity contribution >= 4 is 15.9 Å². The first-order valence-corrected chi connectivity index (χ1v) is 5.70. The summed E-state index contributed by atoms with van der Waals surface area (Å²) in [7, 11) is 3.34. The molecular weight excluding hydrogens is 258 g/mol. The van der Waals surface area contributed by atoms with Crippen molar-refractivity contribution in [2.45, 2.75) is 12.5 Å². The Balaban J connectivity index is 2.41. The lowest BCUT2D eigenvalue weighted by molar-refractivity contribution is 0.348. The zero-order valence-corrected chi connectivity index (χ0v) is 10.4. The van der Waals surface area contributed by atoms with Gasteiger partial charge in [0.2, 0.25) is 0 Å². The Morgan fingerprint density at radius 2 is 2.07 bits per heavy atom. The Labute approximate surface area is 97.9 Å². The van der Waals surface area contributed by atoms with Crippen LogP contribution in [0.15, 0.2) is 16.6 Å². The summed E-state index contributed by atoms with van der Waals surface area (Å²) in [5.41, 5.74) is 1.18. The summed E-state index contributed by atoms with van der Waals surface area (Å²) < 4.78 is 11.6. The van der Waals surface area contributed by atoms with Crippen molar-refractivity contribution < 1.29 is 9.47 Å². The molecule has 0 aromatic heterocycles. The van der Waals surface area contributed by atoms with E-state index in [0.717, 1.165) is 28.9 Å². The van der Waals surface area contributed by atoms with Crippen LogP contribution in [0.4, 0.5) is 0 Å². The van der Waals surface area contributed by atoms with E-state index in [4.69, 9.17) is 9.47 Å². The van der Waals surface area contributed by atoms with E-state index in [-0.39, 0.29) is 0 Å². The van der Waals surface area contributed by atoms with E-state index in [1.165, 1.54) is 5.56 Å². The first kappa shape index (κ1) is 10.8. The Morgan fingerprint density at radius 3 is 2.53 bits per heavy atom. The van der Waals surface area contributed by atoms with Gasteiger partial charge in [-0.1, -0.05) is 15.9 Å². The van der Waals surface area contributed by atoms with E-state index < -0.39 is 0 Å². The molecule has 3 nitrogen and oxygen atoms in total. The monoisotopic (exact) mass is 271 g/mol. The van der Waals surface area contributed by atoms with Gasteiger partial charge in [-0.25, -0.2) is 0 Å². The van der Waals surface area contributed by atoms with Gasteiger partial charge in [0.05, 0.1) is 14.2 Å². The van der Waals surface area contributed by atoms with Gasteiger partial charge in [-0.2, -0.15) is 0 Å². The highest BCUT2D eigenvalue weighted by Gasteiger charge is 2.25. The maximum atomic E-state index is 5.38. The van der Waals surface area contributed by atoms with Crippen LogP contribution in [0.3, 0.4) is 0 Å². The van der Waals surface area contributed by atoms with Crippen molar-refractivity contribution in [2.24, 2.45) is 0 Å². The Bertz CT molecular complexity index is 364. The molecule has 0 saturated carbocycles. The fraction of sp³-hybridized carbons (Fsp3) is 0.455. The molecule has 2 rings (SSSR count). The highest BCUT2D eigenvalue weighted by atomic mass is 79.9. The molecule has 0 radical (unpaired) electrons. The summed E-state index contributed by atoms with van der Waals surface area (Å²) in [6, 6.07) is 4.29. The van der Waals surface area contributed by atoms with Crippen LogP contribution in [-0.2, 0) is 0 Å². The van der Waals surface area contributed by atoms with Gasteiger partial charge < -0.3 is 14.8 Å². The van der Waals surface area contributed by atoms with E-state index in [0.29, 0.717) is 6.04 Å². The first-order chi connectivity index (χ1) is 7.26. The van der Waals surface area contributed by atoms with Gasteiger partial charge in [0.1, 0.15) is 11.5 Å². The quantitative estimate of drug-likeness (QED) is 0.917. The third-order valence-electron chi connectivity index (χ3n) is 2.69. The van der Waals surface area contributed by atoms with Gasteiger partial charge in [0.15, 0.2) is 0 Å². The van der Waals surface area contributed by atoms with Gasteiger partial charge in [0.25, 0.3) is 0 Å². The topological polar surface area (TPSA) is 30.5 Å². The molecule has 0 spiro atoms. The average molecular weight is 272 g/mol. The van der Waals surface area contributed by atoms with Crippen LogP contribution >= 0.6 is 15.9 Å². The largest absolute Gasteiger partial charge is 0.497 e. The minimum atomic E-state index is 0.403. The van der Waals surface area contributed by atoms with E-state index >= 15 is 0 Å². The van der Waals surface area contributed by atoms with E-state index in [1.54, 1.807) is 14.2 Å². The minimum absolute atomic E-state index is 0.403. The van der Waals surface area contributed by atoms with E-state index in [2.05, 4.69) is 21.2 Å². The Hall–Kier alpha value is -0.740. The maximum absolute atomic E-state index is 5.38. The normalized spacial score (nSPS) is 19.5. The fourth-order valence-corrected chi connectivity index (χ4v) is 2.43.